The molecule has 1 aliphatic rings. The van der Waals surface area contributed by atoms with Gasteiger partial charge in [-0.1, -0.05) is 5.21 Å². The summed E-state index contributed by atoms with van der Waals surface area (Å²) in [5.41, 5.74) is 1.76. The topological polar surface area (TPSA) is 93.2 Å². The number of carbonyl (C=O) groups is 1. The fraction of sp³-hybridized carbons (Fsp3) is 0.211. The zero-order chi connectivity index (χ0) is 19.8. The number of amides is 1. The molecular weight excluding hydrogens is 377 g/mol. The highest BCUT2D eigenvalue weighted by atomic mass is 19.1. The molecule has 146 valence electrons. The molecule has 10 heteroatoms. The number of benzene rings is 1. The minimum Gasteiger partial charge on any atom is -0.459 e. The summed E-state index contributed by atoms with van der Waals surface area (Å²) in [7, 11) is 0. The number of rotatable bonds is 3. The molecule has 0 saturated carbocycles. The summed E-state index contributed by atoms with van der Waals surface area (Å²) < 4.78 is 20.0. The molecule has 5 rings (SSSR count). The molecule has 0 bridgehead atoms. The van der Waals surface area contributed by atoms with Crippen LogP contribution in [0.5, 0.6) is 0 Å². The lowest BCUT2D eigenvalue weighted by molar-refractivity contribution is 0.0714. The molecule has 0 radical (unpaired) electrons. The number of fused-ring (bicyclic) bond motifs is 1. The molecule has 0 spiro atoms. The van der Waals surface area contributed by atoms with Gasteiger partial charge in [0.1, 0.15) is 12.1 Å². The van der Waals surface area contributed by atoms with Crippen LogP contribution in [0.3, 0.4) is 0 Å². The summed E-state index contributed by atoms with van der Waals surface area (Å²) in [6, 6.07) is 9.32. The minimum absolute atomic E-state index is 0.121. The van der Waals surface area contributed by atoms with E-state index in [1.165, 1.54) is 24.7 Å². The molecule has 0 aliphatic carbocycles. The molecule has 0 atom stereocenters. The number of hydrogen-bond acceptors (Lipinski definition) is 7. The van der Waals surface area contributed by atoms with Crippen LogP contribution in [0.25, 0.3) is 16.9 Å². The van der Waals surface area contributed by atoms with Gasteiger partial charge < -0.3 is 14.2 Å². The van der Waals surface area contributed by atoms with E-state index in [4.69, 9.17) is 4.42 Å². The summed E-state index contributed by atoms with van der Waals surface area (Å²) >= 11 is 0. The number of nitrogens with zero attached hydrogens (tertiary/aromatic N) is 7. The average Bonchev–Trinajstić information content (AvgIpc) is 3.44. The van der Waals surface area contributed by atoms with Crippen molar-refractivity contribution in [3.8, 4) is 5.69 Å². The number of anilines is 1. The van der Waals surface area contributed by atoms with Gasteiger partial charge in [-0.25, -0.2) is 14.4 Å². The highest BCUT2D eigenvalue weighted by molar-refractivity contribution is 5.91. The van der Waals surface area contributed by atoms with Crippen LogP contribution in [0.4, 0.5) is 10.2 Å². The normalized spacial score (nSPS) is 14.5. The number of furan rings is 1. The Bertz CT molecular complexity index is 1150. The second-order valence-electron chi connectivity index (χ2n) is 6.60. The molecule has 0 N–H and O–H groups in total. The fourth-order valence-electron chi connectivity index (χ4n) is 3.40. The molecule has 1 amide bonds. The summed E-state index contributed by atoms with van der Waals surface area (Å²) in [6.45, 7) is 2.28. The van der Waals surface area contributed by atoms with E-state index in [9.17, 15) is 9.18 Å². The van der Waals surface area contributed by atoms with Crippen LogP contribution in [0.15, 0.2) is 53.4 Å². The summed E-state index contributed by atoms with van der Waals surface area (Å²) in [6.07, 6.45) is 2.95. The first kappa shape index (κ1) is 17.3. The summed E-state index contributed by atoms with van der Waals surface area (Å²) in [5.74, 6) is 0.554. The summed E-state index contributed by atoms with van der Waals surface area (Å²) in [4.78, 5) is 24.9. The van der Waals surface area contributed by atoms with E-state index in [0.29, 0.717) is 54.6 Å². The van der Waals surface area contributed by atoms with E-state index in [2.05, 4.69) is 25.2 Å². The molecule has 0 unspecified atom stereocenters. The zero-order valence-corrected chi connectivity index (χ0v) is 15.3. The van der Waals surface area contributed by atoms with E-state index in [1.54, 1.807) is 33.8 Å². The Hall–Kier alpha value is -3.82. The zero-order valence-electron chi connectivity index (χ0n) is 15.3. The molecule has 9 nitrogen and oxygen atoms in total. The van der Waals surface area contributed by atoms with Crippen molar-refractivity contribution in [2.45, 2.75) is 0 Å². The van der Waals surface area contributed by atoms with E-state index >= 15 is 0 Å². The highest BCUT2D eigenvalue weighted by Crippen LogP contribution is 2.24. The Morgan fingerprint density at radius 3 is 2.55 bits per heavy atom. The third-order valence-corrected chi connectivity index (χ3v) is 4.89. The Balaban J connectivity index is 1.39. The van der Waals surface area contributed by atoms with Gasteiger partial charge in [0.05, 0.1) is 12.0 Å². The number of halogens is 1. The van der Waals surface area contributed by atoms with Crippen LogP contribution >= 0.6 is 0 Å². The van der Waals surface area contributed by atoms with Gasteiger partial charge in [-0.15, -0.1) is 5.10 Å². The fourth-order valence-corrected chi connectivity index (χ4v) is 3.40. The molecule has 29 heavy (non-hydrogen) atoms. The third kappa shape index (κ3) is 3.08. The maximum atomic E-state index is 13.2. The monoisotopic (exact) mass is 393 g/mol. The predicted molar refractivity (Wildman–Crippen MR) is 101 cm³/mol. The standard InChI is InChI=1S/C19H16FN7O2/c20-13-3-5-14(6-4-13)27-18-16(23-24-27)17(21-12-22-18)25-7-9-26(10-8-25)19(28)15-2-1-11-29-15/h1-6,11-12H,7-10H2. The molecule has 1 aliphatic heterocycles. The van der Waals surface area contributed by atoms with Crippen LogP contribution in [-0.4, -0.2) is 61.9 Å². The van der Waals surface area contributed by atoms with Gasteiger partial charge in [-0.2, -0.15) is 4.68 Å². The molecule has 1 fully saturated rings. The first-order chi connectivity index (χ1) is 14.2. The van der Waals surface area contributed by atoms with Crippen LogP contribution in [0.2, 0.25) is 0 Å². The van der Waals surface area contributed by atoms with Gasteiger partial charge in [-0.05, 0) is 36.4 Å². The van der Waals surface area contributed by atoms with Crippen molar-refractivity contribution in [2.24, 2.45) is 0 Å². The van der Waals surface area contributed by atoms with Crippen molar-refractivity contribution < 1.29 is 13.6 Å². The largest absolute Gasteiger partial charge is 0.459 e. The SMILES string of the molecule is O=C(c1ccco1)N1CCN(c2ncnc3c2nnn3-c2ccc(F)cc2)CC1. The lowest BCUT2D eigenvalue weighted by Crippen LogP contribution is -2.49. The van der Waals surface area contributed by atoms with E-state index in [-0.39, 0.29) is 11.7 Å². The van der Waals surface area contributed by atoms with Gasteiger partial charge in [0, 0.05) is 26.2 Å². The maximum Gasteiger partial charge on any atom is 0.289 e. The number of piperazine rings is 1. The van der Waals surface area contributed by atoms with Gasteiger partial charge in [-0.3, -0.25) is 4.79 Å². The van der Waals surface area contributed by atoms with Gasteiger partial charge in [0.25, 0.3) is 5.91 Å². The maximum absolute atomic E-state index is 13.2. The summed E-state index contributed by atoms with van der Waals surface area (Å²) in [5, 5.41) is 8.41. The number of aromatic nitrogens is 5. The first-order valence-electron chi connectivity index (χ1n) is 9.11. The van der Waals surface area contributed by atoms with Crippen molar-refractivity contribution in [1.29, 1.82) is 0 Å². The van der Waals surface area contributed by atoms with Gasteiger partial charge >= 0.3 is 0 Å². The van der Waals surface area contributed by atoms with Gasteiger partial charge in [0.15, 0.2) is 22.7 Å². The Kier molecular flexibility index (Phi) is 4.15. The molecule has 4 heterocycles. The molecule has 1 aromatic carbocycles. The van der Waals surface area contributed by atoms with Crippen molar-refractivity contribution in [3.63, 3.8) is 0 Å². The molecule has 1 saturated heterocycles. The van der Waals surface area contributed by atoms with Gasteiger partial charge in [0.2, 0.25) is 0 Å². The second-order valence-corrected chi connectivity index (χ2v) is 6.60. The highest BCUT2D eigenvalue weighted by Gasteiger charge is 2.26. The molecule has 3 aromatic heterocycles. The lowest BCUT2D eigenvalue weighted by Gasteiger charge is -2.34. The average molecular weight is 393 g/mol. The lowest BCUT2D eigenvalue weighted by atomic mass is 10.2. The Morgan fingerprint density at radius 2 is 1.83 bits per heavy atom. The van der Waals surface area contributed by atoms with Crippen LogP contribution in [-0.2, 0) is 0 Å². The van der Waals surface area contributed by atoms with Crippen LogP contribution in [0.1, 0.15) is 10.6 Å². The molecular formula is C19H16FN7O2. The first-order valence-corrected chi connectivity index (χ1v) is 9.11. The predicted octanol–water partition coefficient (Wildman–Crippen LogP) is 1.91. The van der Waals surface area contributed by atoms with Crippen LogP contribution in [0, 0.1) is 5.82 Å². The van der Waals surface area contributed by atoms with E-state index in [1.807, 2.05) is 0 Å². The smallest absolute Gasteiger partial charge is 0.289 e. The van der Waals surface area contributed by atoms with Crippen molar-refractivity contribution in [3.05, 3.63) is 60.6 Å². The number of hydrogen-bond donors (Lipinski definition) is 0. The van der Waals surface area contributed by atoms with Crippen LogP contribution < -0.4 is 4.90 Å². The second kappa shape index (κ2) is 6.97. The van der Waals surface area contributed by atoms with E-state index < -0.39 is 0 Å². The third-order valence-electron chi connectivity index (χ3n) is 4.89. The van der Waals surface area contributed by atoms with Crippen molar-refractivity contribution in [1.82, 2.24) is 29.9 Å². The van der Waals surface area contributed by atoms with Crippen molar-refractivity contribution in [2.75, 3.05) is 31.1 Å². The van der Waals surface area contributed by atoms with E-state index in [0.717, 1.165) is 0 Å². The Labute approximate surface area is 164 Å². The molecule has 4 aromatic rings. The Morgan fingerprint density at radius 1 is 1.03 bits per heavy atom. The van der Waals surface area contributed by atoms with Crippen molar-refractivity contribution >= 4 is 22.9 Å². The number of carbonyl (C=O) groups excluding carboxylic acids is 1. The quantitative estimate of drug-likeness (QED) is 0.525. The minimum atomic E-state index is -0.324.